The van der Waals surface area contributed by atoms with Gasteiger partial charge in [0.15, 0.2) is 0 Å². The molecule has 0 N–H and O–H groups in total. The molecule has 0 spiro atoms. The van der Waals surface area contributed by atoms with Crippen molar-refractivity contribution < 1.29 is 9.59 Å². The molecule has 62 valence electrons. The summed E-state index contributed by atoms with van der Waals surface area (Å²) in [5.74, 6) is -0.230. The third-order valence-electron chi connectivity index (χ3n) is 1.20. The van der Waals surface area contributed by atoms with E-state index in [1.54, 1.807) is 0 Å². The van der Waals surface area contributed by atoms with Gasteiger partial charge in [-0.25, -0.2) is 0 Å². The predicted molar refractivity (Wildman–Crippen MR) is 40.2 cm³/mol. The average Bonchev–Trinajstić information content (AvgIpc) is 1.84. The van der Waals surface area contributed by atoms with E-state index in [1.165, 1.54) is 13.8 Å². The lowest BCUT2D eigenvalue weighted by molar-refractivity contribution is -0.118. The van der Waals surface area contributed by atoms with E-state index in [1.807, 2.05) is 0 Å². The molecular formula is C7H11NO3. The van der Waals surface area contributed by atoms with Crippen molar-refractivity contribution in [3.05, 3.63) is 4.91 Å². The first-order valence-corrected chi connectivity index (χ1v) is 3.37. The number of nitrogens with zero attached hydrogens (tertiary/aromatic N) is 1. The van der Waals surface area contributed by atoms with Gasteiger partial charge >= 0.3 is 0 Å². The molecule has 0 heterocycles. The Kier molecular flexibility index (Phi) is 4.26. The molecule has 0 aliphatic carbocycles. The normalized spacial score (nSPS) is 9.73. The van der Waals surface area contributed by atoms with Gasteiger partial charge in [-0.3, -0.25) is 9.59 Å². The molecule has 4 nitrogen and oxygen atoms in total. The van der Waals surface area contributed by atoms with Gasteiger partial charge in [0.1, 0.15) is 17.6 Å². The number of carbonyl (C=O) groups excluding carboxylic acids is 2. The minimum atomic E-state index is -0.662. The molecular weight excluding hydrogens is 146 g/mol. The summed E-state index contributed by atoms with van der Waals surface area (Å²) < 4.78 is 0. The molecule has 0 amide bonds. The van der Waals surface area contributed by atoms with E-state index in [0.29, 0.717) is 0 Å². The topological polar surface area (TPSA) is 63.6 Å². The fourth-order valence-corrected chi connectivity index (χ4v) is 0.810. The second kappa shape index (κ2) is 4.71. The van der Waals surface area contributed by atoms with Gasteiger partial charge in [0.2, 0.25) is 0 Å². The zero-order chi connectivity index (χ0) is 8.85. The Hall–Kier alpha value is -1.06. The number of hydrogen-bond acceptors (Lipinski definition) is 4. The summed E-state index contributed by atoms with van der Waals surface area (Å²) in [6, 6.07) is -0.662. The van der Waals surface area contributed by atoms with E-state index in [-0.39, 0.29) is 24.4 Å². The fraction of sp³-hybridized carbons (Fsp3) is 0.714. The van der Waals surface area contributed by atoms with Crippen LogP contribution in [-0.4, -0.2) is 17.6 Å². The highest BCUT2D eigenvalue weighted by atomic mass is 16.3. The summed E-state index contributed by atoms with van der Waals surface area (Å²) in [5.41, 5.74) is 0. The summed E-state index contributed by atoms with van der Waals surface area (Å²) in [4.78, 5) is 31.0. The molecule has 0 unspecified atom stereocenters. The zero-order valence-electron chi connectivity index (χ0n) is 6.66. The molecule has 0 aromatic heterocycles. The maximum atomic E-state index is 10.5. The van der Waals surface area contributed by atoms with Gasteiger partial charge in [-0.1, -0.05) is 5.18 Å². The van der Waals surface area contributed by atoms with Gasteiger partial charge in [0.25, 0.3) is 0 Å². The minimum absolute atomic E-state index is 0.0725. The summed E-state index contributed by atoms with van der Waals surface area (Å²) in [5, 5.41) is 2.68. The van der Waals surface area contributed by atoms with E-state index in [4.69, 9.17) is 0 Å². The van der Waals surface area contributed by atoms with E-state index >= 15 is 0 Å². The van der Waals surface area contributed by atoms with Crippen LogP contribution in [0.25, 0.3) is 0 Å². The minimum Gasteiger partial charge on any atom is -0.300 e. The van der Waals surface area contributed by atoms with Crippen molar-refractivity contribution in [2.24, 2.45) is 5.18 Å². The lowest BCUT2D eigenvalue weighted by Crippen LogP contribution is -2.12. The second-order valence-electron chi connectivity index (χ2n) is 2.57. The smallest absolute Gasteiger partial charge is 0.132 e. The van der Waals surface area contributed by atoms with E-state index in [9.17, 15) is 14.5 Å². The summed E-state index contributed by atoms with van der Waals surface area (Å²) in [7, 11) is 0. The maximum Gasteiger partial charge on any atom is 0.132 e. The van der Waals surface area contributed by atoms with Crippen LogP contribution in [-0.2, 0) is 9.59 Å². The third-order valence-corrected chi connectivity index (χ3v) is 1.20. The van der Waals surface area contributed by atoms with Crippen molar-refractivity contribution >= 4 is 11.6 Å². The van der Waals surface area contributed by atoms with E-state index in [0.717, 1.165) is 0 Å². The van der Waals surface area contributed by atoms with Crippen LogP contribution in [0.15, 0.2) is 5.18 Å². The number of ketones is 2. The third kappa shape index (κ3) is 5.39. The molecule has 0 aromatic rings. The highest BCUT2D eigenvalue weighted by Crippen LogP contribution is 2.04. The number of rotatable bonds is 5. The Morgan fingerprint density at radius 1 is 1.18 bits per heavy atom. The van der Waals surface area contributed by atoms with Crippen LogP contribution >= 0.6 is 0 Å². The molecule has 0 fully saturated rings. The van der Waals surface area contributed by atoms with Crippen molar-refractivity contribution in [2.75, 3.05) is 0 Å². The lowest BCUT2D eigenvalue weighted by atomic mass is 10.1. The largest absolute Gasteiger partial charge is 0.300 e. The monoisotopic (exact) mass is 157 g/mol. The van der Waals surface area contributed by atoms with Crippen LogP contribution in [0.4, 0.5) is 0 Å². The molecule has 11 heavy (non-hydrogen) atoms. The van der Waals surface area contributed by atoms with Crippen molar-refractivity contribution in [2.45, 2.75) is 32.7 Å². The van der Waals surface area contributed by atoms with E-state index < -0.39 is 6.04 Å². The molecule has 0 bridgehead atoms. The Morgan fingerprint density at radius 3 is 1.73 bits per heavy atom. The Labute approximate surface area is 64.9 Å². The first-order valence-electron chi connectivity index (χ1n) is 3.37. The van der Waals surface area contributed by atoms with E-state index in [2.05, 4.69) is 5.18 Å². The summed E-state index contributed by atoms with van der Waals surface area (Å²) in [6.45, 7) is 2.75. The number of hydrogen-bond donors (Lipinski definition) is 0. The molecule has 0 atom stereocenters. The van der Waals surface area contributed by atoms with Gasteiger partial charge in [-0.15, -0.1) is 0 Å². The van der Waals surface area contributed by atoms with Gasteiger partial charge in [-0.2, -0.15) is 4.91 Å². The Bertz CT molecular complexity index is 161. The van der Waals surface area contributed by atoms with Gasteiger partial charge in [-0.05, 0) is 13.8 Å². The number of nitroso groups, excluding NO2 is 1. The quantitative estimate of drug-likeness (QED) is 0.561. The molecule has 4 heteroatoms. The van der Waals surface area contributed by atoms with Crippen LogP contribution in [0, 0.1) is 4.91 Å². The first kappa shape index (κ1) is 9.94. The van der Waals surface area contributed by atoms with Crippen molar-refractivity contribution in [1.29, 1.82) is 0 Å². The Balaban J connectivity index is 3.85. The molecule has 0 saturated carbocycles. The van der Waals surface area contributed by atoms with Crippen molar-refractivity contribution in [1.82, 2.24) is 0 Å². The summed E-state index contributed by atoms with van der Waals surface area (Å²) >= 11 is 0. The average molecular weight is 157 g/mol. The van der Waals surface area contributed by atoms with Gasteiger partial charge in [0, 0.05) is 12.8 Å². The molecule has 0 aliphatic rings. The molecule has 0 saturated heterocycles. The maximum absolute atomic E-state index is 10.5. The van der Waals surface area contributed by atoms with Crippen LogP contribution in [0.5, 0.6) is 0 Å². The molecule has 0 radical (unpaired) electrons. The molecule has 0 aromatic carbocycles. The predicted octanol–water partition coefficient (Wildman–Crippen LogP) is 1.08. The summed E-state index contributed by atoms with van der Waals surface area (Å²) in [6.07, 6.45) is 0.145. The van der Waals surface area contributed by atoms with Crippen LogP contribution < -0.4 is 0 Å². The van der Waals surface area contributed by atoms with Crippen molar-refractivity contribution in [3.63, 3.8) is 0 Å². The van der Waals surface area contributed by atoms with Crippen molar-refractivity contribution in [3.8, 4) is 0 Å². The number of Topliss-reactive ketones (excluding diaryl/α,β-unsaturated/α-hetero) is 2. The van der Waals surface area contributed by atoms with Gasteiger partial charge < -0.3 is 0 Å². The highest BCUT2D eigenvalue weighted by Gasteiger charge is 2.13. The lowest BCUT2D eigenvalue weighted by Gasteiger charge is -2.01. The standard InChI is InChI=1S/C7H11NO3/c1-5(9)3-7(8-11)4-6(2)10/h7H,3-4H2,1-2H3. The SMILES string of the molecule is CC(=O)CC(CC(C)=O)N=O. The van der Waals surface area contributed by atoms with Gasteiger partial charge in [0.05, 0.1) is 0 Å². The second-order valence-corrected chi connectivity index (χ2v) is 2.57. The Morgan fingerprint density at radius 2 is 1.55 bits per heavy atom. The van der Waals surface area contributed by atoms with Crippen LogP contribution in [0.2, 0.25) is 0 Å². The number of carbonyl (C=O) groups is 2. The van der Waals surface area contributed by atoms with Crippen LogP contribution in [0.1, 0.15) is 26.7 Å². The molecule has 0 aliphatic heterocycles. The zero-order valence-corrected chi connectivity index (χ0v) is 6.66. The highest BCUT2D eigenvalue weighted by molar-refractivity contribution is 5.79. The molecule has 0 rings (SSSR count). The first-order chi connectivity index (χ1) is 5.06. The van der Waals surface area contributed by atoms with Crippen LogP contribution in [0.3, 0.4) is 0 Å². The fourth-order valence-electron chi connectivity index (χ4n) is 0.810.